The van der Waals surface area contributed by atoms with Crippen LogP contribution in [-0.2, 0) is 0 Å². The summed E-state index contributed by atoms with van der Waals surface area (Å²) in [6, 6.07) is 63.8. The van der Waals surface area contributed by atoms with E-state index in [1.54, 1.807) is 0 Å². The first-order chi connectivity index (χ1) is 29.3. The number of pyridine rings is 1. The van der Waals surface area contributed by atoms with Crippen molar-refractivity contribution in [2.24, 2.45) is 0 Å². The van der Waals surface area contributed by atoms with E-state index in [-0.39, 0.29) is 0 Å². The van der Waals surface area contributed by atoms with Gasteiger partial charge in [0.05, 0.1) is 27.8 Å². The molecule has 7 aromatic carbocycles. The zero-order valence-electron chi connectivity index (χ0n) is 31.4. The minimum atomic E-state index is 0.529. The summed E-state index contributed by atoms with van der Waals surface area (Å²) >= 11 is 0. The monoisotopic (exact) mass is 757 g/mol. The Kier molecular flexibility index (Phi) is 7.36. The molecular weight excluding hydrogens is 727 g/mol. The SMILES string of the molecule is c1ccc(-c2nc(-c3ccccc3)nc(-n3c4ccccc4c4ccc5c6ccccc6n(-c6cccc(-c7cccc8nc(-c9ccccc9)oc78)n6)c5c43)n2)cc1. The fourth-order valence-corrected chi connectivity index (χ4v) is 8.40. The fourth-order valence-electron chi connectivity index (χ4n) is 8.40. The largest absolute Gasteiger partial charge is 0.435 e. The third kappa shape index (κ3) is 5.27. The minimum absolute atomic E-state index is 0.529. The van der Waals surface area contributed by atoms with Crippen LogP contribution in [0.4, 0.5) is 0 Å². The Labute approximate surface area is 337 Å². The lowest BCUT2D eigenvalue weighted by atomic mass is 10.1. The molecule has 0 spiro atoms. The van der Waals surface area contributed by atoms with Crippen molar-refractivity contribution in [1.29, 1.82) is 0 Å². The van der Waals surface area contributed by atoms with Gasteiger partial charge in [-0.05, 0) is 48.5 Å². The van der Waals surface area contributed by atoms with Gasteiger partial charge in [0, 0.05) is 43.8 Å². The quantitative estimate of drug-likeness (QED) is 0.168. The molecule has 8 heteroatoms. The average Bonchev–Trinajstić information content (AvgIpc) is 4.00. The van der Waals surface area contributed by atoms with Crippen LogP contribution in [0.1, 0.15) is 0 Å². The maximum Gasteiger partial charge on any atom is 0.238 e. The van der Waals surface area contributed by atoms with Crippen molar-refractivity contribution in [2.45, 2.75) is 0 Å². The molecule has 8 nitrogen and oxygen atoms in total. The second kappa shape index (κ2) is 13.2. The lowest BCUT2D eigenvalue weighted by Gasteiger charge is -2.13. The van der Waals surface area contributed by atoms with Crippen LogP contribution in [0.5, 0.6) is 0 Å². The molecule has 0 aliphatic carbocycles. The number of rotatable bonds is 6. The Bertz CT molecular complexity index is 3500. The van der Waals surface area contributed by atoms with Crippen LogP contribution in [0.25, 0.3) is 112 Å². The molecule has 0 unspecified atom stereocenters. The molecule has 5 aromatic heterocycles. The molecule has 5 heterocycles. The first kappa shape index (κ1) is 33.0. The van der Waals surface area contributed by atoms with Crippen molar-refractivity contribution in [1.82, 2.24) is 34.1 Å². The van der Waals surface area contributed by atoms with Gasteiger partial charge in [0.1, 0.15) is 11.3 Å². The molecule has 276 valence electrons. The zero-order chi connectivity index (χ0) is 38.9. The molecule has 0 saturated carbocycles. The number of hydrogen-bond donors (Lipinski definition) is 0. The van der Waals surface area contributed by atoms with Crippen LogP contribution >= 0.6 is 0 Å². The molecule has 0 radical (unpaired) electrons. The first-order valence-corrected chi connectivity index (χ1v) is 19.5. The molecule has 0 saturated heterocycles. The molecule has 0 aliphatic rings. The third-order valence-corrected chi connectivity index (χ3v) is 11.0. The number of hydrogen-bond acceptors (Lipinski definition) is 6. The van der Waals surface area contributed by atoms with Crippen molar-refractivity contribution in [3.8, 4) is 57.3 Å². The maximum absolute atomic E-state index is 6.47. The summed E-state index contributed by atoms with van der Waals surface area (Å²) in [6.45, 7) is 0. The molecule has 12 aromatic rings. The summed E-state index contributed by atoms with van der Waals surface area (Å²) in [5.41, 5.74) is 9.85. The van der Waals surface area contributed by atoms with Gasteiger partial charge in [0.25, 0.3) is 0 Å². The molecule has 0 amide bonds. The van der Waals surface area contributed by atoms with E-state index in [0.29, 0.717) is 29.1 Å². The number of nitrogens with zero attached hydrogens (tertiary/aromatic N) is 7. The molecule has 12 rings (SSSR count). The minimum Gasteiger partial charge on any atom is -0.435 e. The predicted molar refractivity (Wildman–Crippen MR) is 236 cm³/mol. The highest BCUT2D eigenvalue weighted by molar-refractivity contribution is 6.23. The van der Waals surface area contributed by atoms with Crippen LogP contribution in [0, 0.1) is 0 Å². The van der Waals surface area contributed by atoms with E-state index in [1.165, 1.54) is 0 Å². The number of aromatic nitrogens is 7. The highest BCUT2D eigenvalue weighted by atomic mass is 16.3. The van der Waals surface area contributed by atoms with Crippen LogP contribution in [0.2, 0.25) is 0 Å². The topological polar surface area (TPSA) is 87.5 Å². The molecule has 0 bridgehead atoms. The lowest BCUT2D eigenvalue weighted by molar-refractivity contribution is 0.620. The standard InChI is InChI=1S/C51H31N7O/c1-4-16-32(17-5-1)48-54-49(33-18-6-2-7-19-33)56-51(55-48)58-43-28-13-11-23-36(43)38-31-30-37-35-22-10-12-27-42(35)57(45(37)46(38)58)44-29-15-25-40(52-44)39-24-14-26-41-47(39)59-50(53-41)34-20-8-3-9-21-34/h1-31H. The van der Waals surface area contributed by atoms with Crippen LogP contribution in [0.3, 0.4) is 0 Å². The van der Waals surface area contributed by atoms with E-state index in [0.717, 1.165) is 82.9 Å². The number of oxazole rings is 1. The van der Waals surface area contributed by atoms with Gasteiger partial charge >= 0.3 is 0 Å². The maximum atomic E-state index is 6.47. The van der Waals surface area contributed by atoms with Crippen LogP contribution < -0.4 is 0 Å². The Morgan fingerprint density at radius 1 is 0.373 bits per heavy atom. The van der Waals surface area contributed by atoms with E-state index in [1.807, 2.05) is 115 Å². The second-order valence-electron chi connectivity index (χ2n) is 14.5. The molecule has 0 atom stereocenters. The number of fused-ring (bicyclic) bond motifs is 8. The van der Waals surface area contributed by atoms with Crippen molar-refractivity contribution in [3.63, 3.8) is 0 Å². The second-order valence-corrected chi connectivity index (χ2v) is 14.5. The van der Waals surface area contributed by atoms with Crippen LogP contribution in [0.15, 0.2) is 192 Å². The normalized spacial score (nSPS) is 11.7. The van der Waals surface area contributed by atoms with E-state index in [4.69, 9.17) is 29.3 Å². The van der Waals surface area contributed by atoms with Gasteiger partial charge in [-0.3, -0.25) is 9.13 Å². The molecule has 59 heavy (non-hydrogen) atoms. The smallest absolute Gasteiger partial charge is 0.238 e. The third-order valence-electron chi connectivity index (χ3n) is 11.0. The van der Waals surface area contributed by atoms with Crippen LogP contribution in [-0.4, -0.2) is 34.1 Å². The zero-order valence-corrected chi connectivity index (χ0v) is 31.4. The summed E-state index contributed by atoms with van der Waals surface area (Å²) < 4.78 is 10.9. The van der Waals surface area contributed by atoms with Gasteiger partial charge < -0.3 is 4.42 Å². The summed E-state index contributed by atoms with van der Waals surface area (Å²) in [4.78, 5) is 25.8. The van der Waals surface area contributed by atoms with Crippen molar-refractivity contribution >= 4 is 54.7 Å². The van der Waals surface area contributed by atoms with Crippen molar-refractivity contribution in [2.75, 3.05) is 0 Å². The Morgan fingerprint density at radius 2 is 0.915 bits per heavy atom. The van der Waals surface area contributed by atoms with Gasteiger partial charge in [-0.25, -0.2) is 15.0 Å². The van der Waals surface area contributed by atoms with E-state index >= 15 is 0 Å². The van der Waals surface area contributed by atoms with Gasteiger partial charge in [-0.15, -0.1) is 0 Å². The lowest BCUT2D eigenvalue weighted by Crippen LogP contribution is -2.07. The summed E-state index contributed by atoms with van der Waals surface area (Å²) in [7, 11) is 0. The van der Waals surface area contributed by atoms with Gasteiger partial charge in [0.2, 0.25) is 11.8 Å². The summed E-state index contributed by atoms with van der Waals surface area (Å²) in [5.74, 6) is 3.06. The number of para-hydroxylation sites is 3. The van der Waals surface area contributed by atoms with Crippen molar-refractivity contribution in [3.05, 3.63) is 188 Å². The Balaban J connectivity index is 1.15. The summed E-state index contributed by atoms with van der Waals surface area (Å²) in [6.07, 6.45) is 0. The van der Waals surface area contributed by atoms with E-state index in [9.17, 15) is 0 Å². The first-order valence-electron chi connectivity index (χ1n) is 19.5. The van der Waals surface area contributed by atoms with Gasteiger partial charge in [0.15, 0.2) is 17.2 Å². The van der Waals surface area contributed by atoms with E-state index in [2.05, 4.69) is 81.9 Å². The van der Waals surface area contributed by atoms with Crippen molar-refractivity contribution < 1.29 is 4.42 Å². The molecular formula is C51H31N7O. The highest BCUT2D eigenvalue weighted by Gasteiger charge is 2.24. The fraction of sp³-hybridized carbons (Fsp3) is 0. The van der Waals surface area contributed by atoms with E-state index < -0.39 is 0 Å². The molecule has 0 aliphatic heterocycles. The Hall–Kier alpha value is -8.23. The molecule has 0 N–H and O–H groups in total. The van der Waals surface area contributed by atoms with Gasteiger partial charge in [-0.2, -0.15) is 9.97 Å². The Morgan fingerprint density at radius 3 is 1.56 bits per heavy atom. The summed E-state index contributed by atoms with van der Waals surface area (Å²) in [5, 5.41) is 4.38. The molecule has 0 fully saturated rings. The average molecular weight is 758 g/mol. The predicted octanol–water partition coefficient (Wildman–Crippen LogP) is 12.3. The number of benzene rings is 7. The highest BCUT2D eigenvalue weighted by Crippen LogP contribution is 2.42. The van der Waals surface area contributed by atoms with Gasteiger partial charge in [-0.1, -0.05) is 140 Å².